The second kappa shape index (κ2) is 11.9. The third-order valence-corrected chi connectivity index (χ3v) is 9.04. The Balaban J connectivity index is 1.62. The van der Waals surface area contributed by atoms with Gasteiger partial charge in [-0.05, 0) is 42.9 Å². The van der Waals surface area contributed by atoms with Crippen molar-refractivity contribution in [2.75, 3.05) is 38.8 Å². The Kier molecular flexibility index (Phi) is 8.55. The Morgan fingerprint density at radius 1 is 1.09 bits per heavy atom. The zero-order chi connectivity index (χ0) is 31.2. The van der Waals surface area contributed by atoms with Gasteiger partial charge in [0.05, 0.1) is 43.3 Å². The number of nitrogens with zero attached hydrogens (tertiary/aromatic N) is 2. The molecule has 2 aromatic rings. The van der Waals surface area contributed by atoms with E-state index < -0.39 is 24.1 Å². The number of piperidine rings is 1. The Hall–Kier alpha value is -3.50. The van der Waals surface area contributed by atoms with E-state index in [2.05, 4.69) is 0 Å². The number of carboxylic acids is 1. The van der Waals surface area contributed by atoms with E-state index in [1.165, 1.54) is 14.2 Å². The highest BCUT2D eigenvalue weighted by Crippen LogP contribution is 2.51. The van der Waals surface area contributed by atoms with E-state index in [0.717, 1.165) is 5.56 Å². The average molecular weight is 615 g/mol. The van der Waals surface area contributed by atoms with Crippen LogP contribution in [0.2, 0.25) is 5.02 Å². The Morgan fingerprint density at radius 2 is 1.79 bits per heavy atom. The lowest BCUT2D eigenvalue weighted by Gasteiger charge is -2.44. The van der Waals surface area contributed by atoms with Crippen LogP contribution in [-0.2, 0) is 19.1 Å². The molecule has 0 aromatic heterocycles. The third-order valence-electron chi connectivity index (χ3n) is 8.65. The zero-order valence-corrected chi connectivity index (χ0v) is 26.2. The number of methoxy groups -OCH3 is 2. The Labute approximate surface area is 256 Å². The van der Waals surface area contributed by atoms with Crippen LogP contribution in [-0.4, -0.2) is 73.9 Å². The average Bonchev–Trinajstić information content (AvgIpc) is 3.07. The van der Waals surface area contributed by atoms with Gasteiger partial charge < -0.3 is 29.0 Å². The first kappa shape index (κ1) is 30.9. The molecule has 10 nitrogen and oxygen atoms in total. The van der Waals surface area contributed by atoms with Crippen LogP contribution in [0.15, 0.2) is 24.3 Å². The summed E-state index contributed by atoms with van der Waals surface area (Å²) >= 11 is 6.92. The number of aryl methyl sites for hydroxylation is 1. The largest absolute Gasteiger partial charge is 0.493 e. The lowest BCUT2D eigenvalue weighted by atomic mass is 9.84. The van der Waals surface area contributed by atoms with E-state index in [9.17, 15) is 19.5 Å². The van der Waals surface area contributed by atoms with Crippen molar-refractivity contribution in [3.8, 4) is 17.2 Å². The maximum absolute atomic E-state index is 14.5. The van der Waals surface area contributed by atoms with Crippen molar-refractivity contribution >= 4 is 35.1 Å². The van der Waals surface area contributed by atoms with Crippen molar-refractivity contribution in [3.63, 3.8) is 0 Å². The highest BCUT2D eigenvalue weighted by atomic mass is 35.5. The summed E-state index contributed by atoms with van der Waals surface area (Å²) in [5.41, 5.74) is 2.41. The van der Waals surface area contributed by atoms with Crippen LogP contribution in [0.1, 0.15) is 62.8 Å². The molecule has 2 aromatic carbocycles. The lowest BCUT2D eigenvalue weighted by molar-refractivity contribution is -0.148. The van der Waals surface area contributed by atoms with Gasteiger partial charge in [0.25, 0.3) is 5.91 Å². The number of carbonyl (C=O) groups is 3. The third kappa shape index (κ3) is 5.74. The highest BCUT2D eigenvalue weighted by molar-refractivity contribution is 6.33. The van der Waals surface area contributed by atoms with Crippen molar-refractivity contribution in [1.29, 1.82) is 0 Å². The van der Waals surface area contributed by atoms with Crippen LogP contribution in [0, 0.1) is 18.3 Å². The SMILES string of the molecule is COc1ccc([C@H]2O[C@H](CC(=O)N3CCC(C(=O)O)CC3)C(=O)N3c4c(cc(C)cc42)OC[C@H]3C(C)(C)C)c(Cl)c1OC. The number of carboxylic acid groups (broad SMARTS) is 1. The molecule has 1 N–H and O–H groups in total. The first-order chi connectivity index (χ1) is 20.3. The molecule has 43 heavy (non-hydrogen) atoms. The number of rotatable bonds is 6. The molecular formula is C32H39ClN2O8. The van der Waals surface area contributed by atoms with Crippen molar-refractivity contribution in [1.82, 2.24) is 4.90 Å². The smallest absolute Gasteiger partial charge is 0.306 e. The number of hydrogen-bond donors (Lipinski definition) is 1. The van der Waals surface area contributed by atoms with Crippen molar-refractivity contribution in [2.24, 2.45) is 11.3 Å². The molecule has 3 aliphatic heterocycles. The lowest BCUT2D eigenvalue weighted by Crippen LogP contribution is -2.56. The molecule has 0 unspecified atom stereocenters. The summed E-state index contributed by atoms with van der Waals surface area (Å²) in [6.45, 7) is 9.01. The van der Waals surface area contributed by atoms with Crippen LogP contribution in [0.25, 0.3) is 0 Å². The van der Waals surface area contributed by atoms with Gasteiger partial charge in [-0.25, -0.2) is 0 Å². The monoisotopic (exact) mass is 614 g/mol. The quantitative estimate of drug-likeness (QED) is 0.483. The van der Waals surface area contributed by atoms with Gasteiger partial charge in [0.2, 0.25) is 5.91 Å². The molecule has 232 valence electrons. The molecule has 0 radical (unpaired) electrons. The first-order valence-electron chi connectivity index (χ1n) is 14.5. The van der Waals surface area contributed by atoms with Gasteiger partial charge in [0, 0.05) is 24.2 Å². The first-order valence-corrected chi connectivity index (χ1v) is 14.9. The Morgan fingerprint density at radius 3 is 2.40 bits per heavy atom. The minimum atomic E-state index is -1.14. The zero-order valence-electron chi connectivity index (χ0n) is 25.4. The summed E-state index contributed by atoms with van der Waals surface area (Å²) in [4.78, 5) is 43.0. The number of ether oxygens (including phenoxy) is 4. The number of carbonyl (C=O) groups excluding carboxylic acids is 2. The number of anilines is 1. The molecular weight excluding hydrogens is 576 g/mol. The van der Waals surface area contributed by atoms with E-state index in [0.29, 0.717) is 60.0 Å². The van der Waals surface area contributed by atoms with Crippen LogP contribution in [0.3, 0.4) is 0 Å². The minimum absolute atomic E-state index is 0.200. The van der Waals surface area contributed by atoms with E-state index >= 15 is 0 Å². The molecule has 3 heterocycles. The summed E-state index contributed by atoms with van der Waals surface area (Å²) < 4.78 is 24.0. The number of halogens is 1. The molecule has 0 saturated carbocycles. The fourth-order valence-electron chi connectivity index (χ4n) is 6.24. The number of aliphatic carboxylic acids is 1. The second-order valence-corrected chi connectivity index (χ2v) is 12.9. The summed E-state index contributed by atoms with van der Waals surface area (Å²) in [6, 6.07) is 7.05. The van der Waals surface area contributed by atoms with Gasteiger partial charge in [0.1, 0.15) is 24.6 Å². The van der Waals surface area contributed by atoms with E-state index in [4.69, 9.17) is 30.5 Å². The maximum atomic E-state index is 14.5. The molecule has 5 rings (SSSR count). The molecule has 2 amide bonds. The number of hydrogen-bond acceptors (Lipinski definition) is 7. The topological polar surface area (TPSA) is 115 Å². The highest BCUT2D eigenvalue weighted by Gasteiger charge is 2.48. The standard InChI is InChI=1S/C32H39ClN2O8/c1-17-13-20-27-22(14-17)42-16-24(32(2,3)4)35(27)30(37)23(15-25(36)34-11-9-18(10-12-34)31(38)39)43-28(20)19-7-8-21(40-5)29(41-6)26(19)33/h7-8,13-14,18,23-24,28H,9-12,15-16H2,1-6H3,(H,38,39)/t23-,24+,28-/m1/s1. The molecule has 0 bridgehead atoms. The van der Waals surface area contributed by atoms with Crippen LogP contribution in [0.4, 0.5) is 5.69 Å². The predicted octanol–water partition coefficient (Wildman–Crippen LogP) is 5.01. The summed E-state index contributed by atoms with van der Waals surface area (Å²) in [5, 5.41) is 9.66. The fourth-order valence-corrected chi connectivity index (χ4v) is 6.57. The number of benzene rings is 2. The second-order valence-electron chi connectivity index (χ2n) is 12.5. The maximum Gasteiger partial charge on any atom is 0.306 e. The van der Waals surface area contributed by atoms with Crippen molar-refractivity contribution < 1.29 is 38.4 Å². The minimum Gasteiger partial charge on any atom is -0.493 e. The van der Waals surface area contributed by atoms with E-state index in [1.54, 1.807) is 21.9 Å². The molecule has 3 aliphatic rings. The molecule has 11 heteroatoms. The van der Waals surface area contributed by atoms with E-state index in [1.807, 2.05) is 39.8 Å². The van der Waals surface area contributed by atoms with Crippen LogP contribution >= 0.6 is 11.6 Å². The predicted molar refractivity (Wildman–Crippen MR) is 160 cm³/mol. The summed E-state index contributed by atoms with van der Waals surface area (Å²) in [6.07, 6.45) is -1.44. The molecule has 1 fully saturated rings. The fraction of sp³-hybridized carbons (Fsp3) is 0.531. The van der Waals surface area contributed by atoms with Gasteiger partial charge >= 0.3 is 5.97 Å². The van der Waals surface area contributed by atoms with Crippen molar-refractivity contribution in [3.05, 3.63) is 46.0 Å². The van der Waals surface area contributed by atoms with Gasteiger partial charge in [0.15, 0.2) is 11.5 Å². The number of amides is 2. The van der Waals surface area contributed by atoms with Gasteiger partial charge in [-0.1, -0.05) is 44.5 Å². The van der Waals surface area contributed by atoms with Gasteiger partial charge in [-0.3, -0.25) is 19.3 Å². The van der Waals surface area contributed by atoms with E-state index in [-0.39, 0.29) is 41.3 Å². The van der Waals surface area contributed by atoms with Crippen molar-refractivity contribution in [2.45, 2.75) is 65.2 Å². The summed E-state index contributed by atoms with van der Waals surface area (Å²) in [7, 11) is 3.02. The summed E-state index contributed by atoms with van der Waals surface area (Å²) in [5.74, 6) is -0.582. The van der Waals surface area contributed by atoms with Crippen LogP contribution < -0.4 is 19.1 Å². The molecule has 0 aliphatic carbocycles. The van der Waals surface area contributed by atoms with Gasteiger partial charge in [-0.15, -0.1) is 0 Å². The van der Waals surface area contributed by atoms with Crippen LogP contribution in [0.5, 0.6) is 17.2 Å². The molecule has 0 spiro atoms. The molecule has 1 saturated heterocycles. The van der Waals surface area contributed by atoms with Gasteiger partial charge in [-0.2, -0.15) is 0 Å². The Bertz CT molecular complexity index is 1430. The number of likely N-dealkylation sites (tertiary alicyclic amines) is 1. The molecule has 3 atom stereocenters. The normalized spacial score (nSPS) is 22.4.